The van der Waals surface area contributed by atoms with Crippen molar-refractivity contribution in [2.24, 2.45) is 0 Å². The number of rotatable bonds is 5. The summed E-state index contributed by atoms with van der Waals surface area (Å²) in [5, 5.41) is 3.56. The van der Waals surface area contributed by atoms with Crippen LogP contribution in [-0.4, -0.2) is 50.3 Å². The summed E-state index contributed by atoms with van der Waals surface area (Å²) in [5.41, 5.74) is 4.30. The molecular weight excluding hydrogens is 341 g/mol. The Morgan fingerprint density at radius 2 is 2.00 bits per heavy atom. The number of fused-ring (bicyclic) bond motifs is 3. The monoisotopic (exact) mass is 367 g/mol. The molecule has 3 aliphatic rings. The largest absolute Gasteiger partial charge is 0.494 e. The van der Waals surface area contributed by atoms with Gasteiger partial charge in [0.25, 0.3) is 0 Å². The van der Waals surface area contributed by atoms with Crippen LogP contribution in [0.3, 0.4) is 0 Å². The molecule has 0 saturated carbocycles. The van der Waals surface area contributed by atoms with Crippen molar-refractivity contribution in [1.82, 2.24) is 4.90 Å². The fourth-order valence-electron chi connectivity index (χ4n) is 4.98. The standard InChI is InChI=1S/C22H26FN3O/c23-16-5-7-17(8-6-16)27-14-2-11-25-12-9-21-19(15-25)18-3-1-4-20-22(18)26(21)13-10-24-20/h1,3-8,19,21,24H,2,9-15H2/t19-,21-/m0/s1. The Morgan fingerprint density at radius 3 is 2.89 bits per heavy atom. The second kappa shape index (κ2) is 7.04. The van der Waals surface area contributed by atoms with Gasteiger partial charge in [0, 0.05) is 44.7 Å². The lowest BCUT2D eigenvalue weighted by Gasteiger charge is -2.40. The molecule has 2 aromatic carbocycles. The van der Waals surface area contributed by atoms with Gasteiger partial charge in [-0.05, 0) is 48.7 Å². The van der Waals surface area contributed by atoms with Crippen LogP contribution >= 0.6 is 0 Å². The van der Waals surface area contributed by atoms with Gasteiger partial charge in [0.15, 0.2) is 0 Å². The fraction of sp³-hybridized carbons (Fsp3) is 0.455. The average Bonchev–Trinajstić information content (AvgIpc) is 3.02. The summed E-state index contributed by atoms with van der Waals surface area (Å²) >= 11 is 0. The highest BCUT2D eigenvalue weighted by Gasteiger charge is 2.43. The van der Waals surface area contributed by atoms with Crippen LogP contribution in [0.4, 0.5) is 15.8 Å². The molecule has 1 saturated heterocycles. The molecule has 2 atom stereocenters. The Labute approximate surface area is 159 Å². The first-order valence-electron chi connectivity index (χ1n) is 10.0. The van der Waals surface area contributed by atoms with Gasteiger partial charge in [-0.1, -0.05) is 12.1 Å². The van der Waals surface area contributed by atoms with Crippen molar-refractivity contribution in [3.63, 3.8) is 0 Å². The maximum atomic E-state index is 12.9. The second-order valence-electron chi connectivity index (χ2n) is 7.78. The number of likely N-dealkylation sites (tertiary alicyclic amines) is 1. The van der Waals surface area contributed by atoms with Crippen molar-refractivity contribution in [3.05, 3.63) is 53.8 Å². The predicted molar refractivity (Wildman–Crippen MR) is 106 cm³/mol. The molecule has 0 spiro atoms. The van der Waals surface area contributed by atoms with E-state index in [1.54, 1.807) is 12.1 Å². The lowest BCUT2D eigenvalue weighted by Crippen LogP contribution is -2.48. The fourth-order valence-corrected chi connectivity index (χ4v) is 4.98. The van der Waals surface area contributed by atoms with Gasteiger partial charge in [0.05, 0.1) is 18.0 Å². The van der Waals surface area contributed by atoms with Crippen LogP contribution in [0, 0.1) is 5.82 Å². The number of ether oxygens (including phenoxy) is 1. The predicted octanol–water partition coefficient (Wildman–Crippen LogP) is 3.70. The van der Waals surface area contributed by atoms with Gasteiger partial charge in [-0.2, -0.15) is 0 Å². The SMILES string of the molecule is Fc1ccc(OCCCN2CC[C@H]3[C@@H](C2)c2cccc4c2N3CCN4)cc1. The zero-order valence-corrected chi connectivity index (χ0v) is 15.5. The minimum absolute atomic E-state index is 0.224. The highest BCUT2D eigenvalue weighted by molar-refractivity contribution is 5.80. The number of anilines is 2. The third kappa shape index (κ3) is 3.14. The lowest BCUT2D eigenvalue weighted by molar-refractivity contribution is 0.178. The van der Waals surface area contributed by atoms with E-state index in [2.05, 4.69) is 33.3 Å². The van der Waals surface area contributed by atoms with E-state index in [1.807, 2.05) is 0 Å². The Hall–Kier alpha value is -2.27. The Morgan fingerprint density at radius 1 is 1.11 bits per heavy atom. The van der Waals surface area contributed by atoms with E-state index in [0.29, 0.717) is 18.6 Å². The molecule has 1 N–H and O–H groups in total. The molecule has 5 heteroatoms. The van der Waals surface area contributed by atoms with Gasteiger partial charge in [0.2, 0.25) is 0 Å². The van der Waals surface area contributed by atoms with Crippen molar-refractivity contribution in [2.45, 2.75) is 24.8 Å². The molecule has 0 radical (unpaired) electrons. The quantitative estimate of drug-likeness (QED) is 0.816. The molecule has 4 nitrogen and oxygen atoms in total. The van der Waals surface area contributed by atoms with Crippen LogP contribution in [0.1, 0.15) is 24.3 Å². The molecule has 0 bridgehead atoms. The molecule has 2 aromatic rings. The first-order chi connectivity index (χ1) is 13.3. The summed E-state index contributed by atoms with van der Waals surface area (Å²) in [6.07, 6.45) is 2.23. The Balaban J connectivity index is 1.18. The van der Waals surface area contributed by atoms with E-state index < -0.39 is 0 Å². The van der Waals surface area contributed by atoms with Crippen LogP contribution in [0.15, 0.2) is 42.5 Å². The molecule has 0 aliphatic carbocycles. The molecule has 3 heterocycles. The maximum Gasteiger partial charge on any atom is 0.123 e. The normalized spacial score (nSPS) is 23.5. The van der Waals surface area contributed by atoms with E-state index in [4.69, 9.17) is 4.74 Å². The average molecular weight is 367 g/mol. The first kappa shape index (κ1) is 16.9. The third-order valence-corrected chi connectivity index (χ3v) is 6.18. The van der Waals surface area contributed by atoms with E-state index in [-0.39, 0.29) is 5.82 Å². The molecule has 0 amide bonds. The molecule has 0 aromatic heterocycles. The summed E-state index contributed by atoms with van der Waals surface area (Å²) in [6.45, 7) is 6.19. The lowest BCUT2D eigenvalue weighted by atomic mass is 9.89. The van der Waals surface area contributed by atoms with Gasteiger partial charge < -0.3 is 19.9 Å². The van der Waals surface area contributed by atoms with Gasteiger partial charge in [-0.15, -0.1) is 0 Å². The molecule has 0 unspecified atom stereocenters. The summed E-state index contributed by atoms with van der Waals surface area (Å²) < 4.78 is 18.7. The molecule has 27 heavy (non-hydrogen) atoms. The van der Waals surface area contributed by atoms with Gasteiger partial charge in [-0.25, -0.2) is 4.39 Å². The molecular formula is C22H26FN3O. The minimum atomic E-state index is -0.224. The zero-order chi connectivity index (χ0) is 18.2. The Kier molecular flexibility index (Phi) is 4.40. The number of para-hydroxylation sites is 1. The van der Waals surface area contributed by atoms with Crippen molar-refractivity contribution in [1.29, 1.82) is 0 Å². The molecule has 3 aliphatic heterocycles. The highest BCUT2D eigenvalue weighted by Crippen LogP contribution is 2.49. The van der Waals surface area contributed by atoms with Gasteiger partial charge >= 0.3 is 0 Å². The van der Waals surface area contributed by atoms with Crippen LogP contribution < -0.4 is 15.0 Å². The highest BCUT2D eigenvalue weighted by atomic mass is 19.1. The first-order valence-corrected chi connectivity index (χ1v) is 10.0. The van der Waals surface area contributed by atoms with Crippen LogP contribution in [-0.2, 0) is 0 Å². The number of nitrogens with zero attached hydrogens (tertiary/aromatic N) is 2. The summed E-state index contributed by atoms with van der Waals surface area (Å²) in [6, 6.07) is 13.7. The number of halogens is 1. The van der Waals surface area contributed by atoms with Crippen molar-refractivity contribution < 1.29 is 9.13 Å². The summed E-state index contributed by atoms with van der Waals surface area (Å²) in [4.78, 5) is 5.24. The van der Waals surface area contributed by atoms with E-state index >= 15 is 0 Å². The Bertz CT molecular complexity index is 810. The summed E-state index contributed by atoms with van der Waals surface area (Å²) in [7, 11) is 0. The zero-order valence-electron chi connectivity index (χ0n) is 15.5. The maximum absolute atomic E-state index is 12.9. The van der Waals surface area contributed by atoms with Crippen molar-refractivity contribution >= 4 is 11.4 Å². The van der Waals surface area contributed by atoms with Gasteiger partial charge in [-0.3, -0.25) is 0 Å². The molecule has 5 rings (SSSR count). The smallest absolute Gasteiger partial charge is 0.123 e. The van der Waals surface area contributed by atoms with Crippen LogP contribution in [0.25, 0.3) is 0 Å². The number of hydrogen-bond donors (Lipinski definition) is 1. The van der Waals surface area contributed by atoms with Crippen molar-refractivity contribution in [2.75, 3.05) is 49.5 Å². The number of benzene rings is 2. The van der Waals surface area contributed by atoms with E-state index in [0.717, 1.165) is 44.9 Å². The summed E-state index contributed by atoms with van der Waals surface area (Å²) in [5.74, 6) is 1.14. The van der Waals surface area contributed by atoms with E-state index in [1.165, 1.54) is 35.5 Å². The molecule has 1 fully saturated rings. The van der Waals surface area contributed by atoms with Crippen LogP contribution in [0.5, 0.6) is 5.75 Å². The second-order valence-corrected chi connectivity index (χ2v) is 7.78. The van der Waals surface area contributed by atoms with Crippen LogP contribution in [0.2, 0.25) is 0 Å². The number of nitrogens with one attached hydrogen (secondary N) is 1. The third-order valence-electron chi connectivity index (χ3n) is 6.18. The topological polar surface area (TPSA) is 27.7 Å². The number of hydrogen-bond acceptors (Lipinski definition) is 4. The van der Waals surface area contributed by atoms with Gasteiger partial charge in [0.1, 0.15) is 11.6 Å². The van der Waals surface area contributed by atoms with Crippen molar-refractivity contribution in [3.8, 4) is 5.75 Å². The van der Waals surface area contributed by atoms with E-state index in [9.17, 15) is 4.39 Å². The number of piperidine rings is 1. The minimum Gasteiger partial charge on any atom is -0.494 e. The molecule has 142 valence electrons.